The molecule has 4 aromatic carbocycles. The van der Waals surface area contributed by atoms with Gasteiger partial charge < -0.3 is 19.5 Å². The minimum atomic E-state index is 0.437. The number of ether oxygens (including phenoxy) is 3. The van der Waals surface area contributed by atoms with Crippen LogP contribution >= 0.6 is 34.2 Å². The molecule has 256 valence electrons. The first-order chi connectivity index (χ1) is 24.9. The monoisotopic (exact) mass is 809 g/mol. The molecular formula is C39H33ClIN7O3. The number of nitrogens with zero attached hydrogens (tertiary/aromatic N) is 5. The number of hydrogen-bond acceptors (Lipinski definition) is 8. The number of H-pyrrole nitrogens is 1. The van der Waals surface area contributed by atoms with Crippen LogP contribution < -0.4 is 19.5 Å². The minimum absolute atomic E-state index is 0.437. The molecule has 0 radical (unpaired) electrons. The summed E-state index contributed by atoms with van der Waals surface area (Å²) in [7, 11) is 4.91. The second-order valence-corrected chi connectivity index (χ2v) is 14.0. The third kappa shape index (κ3) is 6.71. The Morgan fingerprint density at radius 1 is 0.824 bits per heavy atom. The maximum atomic E-state index is 6.33. The van der Waals surface area contributed by atoms with Crippen molar-refractivity contribution in [3.8, 4) is 17.2 Å². The average Bonchev–Trinajstić information content (AvgIpc) is 3.72. The summed E-state index contributed by atoms with van der Waals surface area (Å²) in [5.74, 6) is 3.64. The van der Waals surface area contributed by atoms with Gasteiger partial charge in [-0.1, -0.05) is 29.8 Å². The van der Waals surface area contributed by atoms with Crippen molar-refractivity contribution in [1.29, 1.82) is 0 Å². The number of halogens is 2. The van der Waals surface area contributed by atoms with Crippen LogP contribution in [0.2, 0.25) is 5.15 Å². The van der Waals surface area contributed by atoms with Gasteiger partial charge in [0.15, 0.2) is 22.5 Å². The van der Waals surface area contributed by atoms with Gasteiger partial charge in [0, 0.05) is 43.1 Å². The molecule has 2 N–H and O–H groups in total. The first kappa shape index (κ1) is 33.0. The number of fused-ring (bicyclic) bond motifs is 6. The van der Waals surface area contributed by atoms with Crippen molar-refractivity contribution in [2.24, 2.45) is 0 Å². The van der Waals surface area contributed by atoms with Crippen LogP contribution in [0.25, 0.3) is 43.6 Å². The van der Waals surface area contributed by atoms with Crippen molar-refractivity contribution in [1.82, 2.24) is 29.9 Å². The van der Waals surface area contributed by atoms with Crippen LogP contribution in [0.4, 0.5) is 11.5 Å². The molecule has 0 spiro atoms. The quantitative estimate of drug-likeness (QED) is 0.115. The van der Waals surface area contributed by atoms with Gasteiger partial charge in [-0.25, -0.2) is 9.97 Å². The topological polar surface area (TPSA) is 112 Å². The molecule has 0 amide bonds. The lowest BCUT2D eigenvalue weighted by Gasteiger charge is -2.12. The maximum Gasteiger partial charge on any atom is 0.162 e. The third-order valence-corrected chi connectivity index (χ3v) is 9.98. The lowest BCUT2D eigenvalue weighted by molar-refractivity contribution is 0.355. The second kappa shape index (κ2) is 13.9. The Hall–Kier alpha value is -5.14. The van der Waals surface area contributed by atoms with Gasteiger partial charge in [-0.05, 0) is 107 Å². The SMILES string of the molecule is COc1ccc(Cn2cc3c(n2)c(Cl)nc2ccc(I)cc23)cc1.COc1ccc(Nc2nc3ccc(C4CC4)cc3c3cn[nH]c23)cc1OC. The molecule has 10 nitrogen and oxygen atoms in total. The van der Waals surface area contributed by atoms with E-state index in [-0.39, 0.29) is 0 Å². The molecule has 0 atom stereocenters. The van der Waals surface area contributed by atoms with Crippen molar-refractivity contribution in [2.45, 2.75) is 25.3 Å². The molecule has 0 unspecified atom stereocenters. The maximum absolute atomic E-state index is 6.33. The lowest BCUT2D eigenvalue weighted by Crippen LogP contribution is -1.99. The summed E-state index contributed by atoms with van der Waals surface area (Å²) < 4.78 is 19.0. The summed E-state index contributed by atoms with van der Waals surface area (Å²) in [4.78, 5) is 9.29. The fourth-order valence-electron chi connectivity index (χ4n) is 6.28. The van der Waals surface area contributed by atoms with Crippen molar-refractivity contribution in [3.05, 3.63) is 111 Å². The molecule has 1 saturated carbocycles. The molecule has 8 aromatic rings. The zero-order chi connectivity index (χ0) is 35.1. The van der Waals surface area contributed by atoms with Crippen LogP contribution in [-0.2, 0) is 6.54 Å². The summed E-state index contributed by atoms with van der Waals surface area (Å²) in [6.45, 7) is 0.667. The fraction of sp³-hybridized carbons (Fsp3) is 0.179. The molecule has 51 heavy (non-hydrogen) atoms. The van der Waals surface area contributed by atoms with Gasteiger partial charge in [-0.2, -0.15) is 10.2 Å². The first-order valence-electron chi connectivity index (χ1n) is 16.4. The van der Waals surface area contributed by atoms with E-state index in [1.165, 1.54) is 18.4 Å². The van der Waals surface area contributed by atoms with Crippen LogP contribution in [-0.4, -0.2) is 51.3 Å². The van der Waals surface area contributed by atoms with Gasteiger partial charge in [0.05, 0.1) is 45.1 Å². The number of nitrogens with one attached hydrogen (secondary N) is 2. The molecule has 12 heteroatoms. The van der Waals surface area contributed by atoms with E-state index < -0.39 is 0 Å². The van der Waals surface area contributed by atoms with E-state index in [1.807, 2.05) is 71.7 Å². The van der Waals surface area contributed by atoms with Gasteiger partial charge in [-0.3, -0.25) is 9.78 Å². The molecule has 4 aromatic heterocycles. The Morgan fingerprint density at radius 2 is 1.59 bits per heavy atom. The zero-order valence-corrected chi connectivity index (χ0v) is 31.0. The Kier molecular flexibility index (Phi) is 8.99. The molecule has 0 aliphatic heterocycles. The van der Waals surface area contributed by atoms with E-state index in [1.54, 1.807) is 21.3 Å². The van der Waals surface area contributed by atoms with E-state index in [0.717, 1.165) is 70.0 Å². The Balaban J connectivity index is 0.000000148. The van der Waals surface area contributed by atoms with Crippen molar-refractivity contribution in [2.75, 3.05) is 26.6 Å². The summed E-state index contributed by atoms with van der Waals surface area (Å²) in [5.41, 5.74) is 6.88. The van der Waals surface area contributed by atoms with E-state index >= 15 is 0 Å². The van der Waals surface area contributed by atoms with E-state index in [4.69, 9.17) is 30.8 Å². The van der Waals surface area contributed by atoms with E-state index in [9.17, 15) is 0 Å². The number of rotatable bonds is 8. The summed E-state index contributed by atoms with van der Waals surface area (Å²) in [6, 6.07) is 26.4. The predicted molar refractivity (Wildman–Crippen MR) is 211 cm³/mol. The van der Waals surface area contributed by atoms with Gasteiger partial charge >= 0.3 is 0 Å². The lowest BCUT2D eigenvalue weighted by atomic mass is 10.0. The van der Waals surface area contributed by atoms with E-state index in [0.29, 0.717) is 29.1 Å². The molecule has 1 aliphatic carbocycles. The largest absolute Gasteiger partial charge is 0.497 e. The number of aromatic amines is 1. The highest BCUT2D eigenvalue weighted by molar-refractivity contribution is 14.1. The van der Waals surface area contributed by atoms with Crippen LogP contribution in [0.3, 0.4) is 0 Å². The highest BCUT2D eigenvalue weighted by Crippen LogP contribution is 2.42. The zero-order valence-electron chi connectivity index (χ0n) is 28.1. The number of methoxy groups -OCH3 is 3. The number of aromatic nitrogens is 6. The summed E-state index contributed by atoms with van der Waals surface area (Å²) >= 11 is 8.63. The van der Waals surface area contributed by atoms with Crippen LogP contribution in [0.5, 0.6) is 17.2 Å². The average molecular weight is 810 g/mol. The first-order valence-corrected chi connectivity index (χ1v) is 17.9. The van der Waals surface area contributed by atoms with Crippen molar-refractivity contribution >= 4 is 89.3 Å². The van der Waals surface area contributed by atoms with Crippen molar-refractivity contribution in [3.63, 3.8) is 0 Å². The van der Waals surface area contributed by atoms with Gasteiger partial charge in [-0.15, -0.1) is 0 Å². The molecule has 4 heterocycles. The molecular weight excluding hydrogens is 777 g/mol. The van der Waals surface area contributed by atoms with Gasteiger partial charge in [0.25, 0.3) is 0 Å². The number of pyridine rings is 2. The Labute approximate surface area is 312 Å². The number of benzene rings is 4. The standard InChI is InChI=1S/C21H20N4O2.C18H13ClIN3O/c1-26-18-8-6-14(10-19(18)27-2)23-21-20-16(11-22-25-20)15-9-13(12-3-4-12)5-7-17(15)24-21;1-24-13-5-2-11(3-6-13)9-23-10-15-14-8-12(20)4-7-16(14)21-18(19)17(15)22-23/h5-12H,3-4H2,1-2H3,(H,22,25)(H,23,24);2-8,10H,9H2,1H3. The van der Waals surface area contributed by atoms with Crippen LogP contribution in [0.15, 0.2) is 91.3 Å². The second-order valence-electron chi connectivity index (χ2n) is 12.4. The van der Waals surface area contributed by atoms with Gasteiger partial charge in [0.1, 0.15) is 16.8 Å². The number of hydrogen-bond donors (Lipinski definition) is 2. The van der Waals surface area contributed by atoms with Crippen LogP contribution in [0, 0.1) is 3.57 Å². The normalized spacial score (nSPS) is 12.6. The fourth-order valence-corrected chi connectivity index (χ4v) is 7.00. The van der Waals surface area contributed by atoms with E-state index in [2.05, 4.69) is 72.5 Å². The summed E-state index contributed by atoms with van der Waals surface area (Å²) in [5, 5.41) is 20.1. The van der Waals surface area contributed by atoms with Crippen molar-refractivity contribution < 1.29 is 14.2 Å². The molecule has 0 bridgehead atoms. The highest BCUT2D eigenvalue weighted by Gasteiger charge is 2.24. The highest BCUT2D eigenvalue weighted by atomic mass is 127. The Morgan fingerprint density at radius 3 is 2.35 bits per heavy atom. The molecule has 1 aliphatic rings. The van der Waals surface area contributed by atoms with Gasteiger partial charge in [0.2, 0.25) is 0 Å². The van der Waals surface area contributed by atoms with Crippen LogP contribution in [0.1, 0.15) is 29.9 Å². The molecule has 1 fully saturated rings. The predicted octanol–water partition coefficient (Wildman–Crippen LogP) is 9.65. The molecule has 9 rings (SSSR count). The number of anilines is 2. The Bertz CT molecular complexity index is 2550. The third-order valence-electron chi connectivity index (χ3n) is 9.04. The summed E-state index contributed by atoms with van der Waals surface area (Å²) in [6.07, 6.45) is 6.47. The smallest absolute Gasteiger partial charge is 0.162 e. The molecule has 0 saturated heterocycles. The minimum Gasteiger partial charge on any atom is -0.497 e.